The van der Waals surface area contributed by atoms with Crippen LogP contribution in [0, 0.1) is 0 Å². The molecule has 0 bridgehead atoms. The molecule has 0 atom stereocenters. The second-order valence-electron chi connectivity index (χ2n) is 6.78. The highest BCUT2D eigenvalue weighted by Gasteiger charge is 2.29. The SMILES string of the molecule is O=C(O)c1cc(C2CCN(C(=O)c3cccc4c3CCC4)CC2)no1. The number of fused-ring (bicyclic) bond motifs is 1. The topological polar surface area (TPSA) is 83.6 Å². The lowest BCUT2D eigenvalue weighted by Crippen LogP contribution is -2.38. The third kappa shape index (κ3) is 2.92. The van der Waals surface area contributed by atoms with Crippen molar-refractivity contribution in [3.63, 3.8) is 0 Å². The summed E-state index contributed by atoms with van der Waals surface area (Å²) < 4.78 is 4.84. The Labute approximate surface area is 145 Å². The first kappa shape index (κ1) is 15.9. The lowest BCUT2D eigenvalue weighted by molar-refractivity contribution is 0.0649. The molecule has 1 amide bonds. The number of aromatic carboxylic acids is 1. The lowest BCUT2D eigenvalue weighted by Gasteiger charge is -2.31. The minimum Gasteiger partial charge on any atom is -0.475 e. The van der Waals surface area contributed by atoms with Crippen LogP contribution in [0.1, 0.15) is 62.9 Å². The third-order valence-electron chi connectivity index (χ3n) is 5.32. The van der Waals surface area contributed by atoms with Crippen molar-refractivity contribution in [2.24, 2.45) is 0 Å². The average Bonchev–Trinajstić information content (AvgIpc) is 3.30. The van der Waals surface area contributed by atoms with Crippen molar-refractivity contribution in [2.45, 2.75) is 38.0 Å². The van der Waals surface area contributed by atoms with Crippen molar-refractivity contribution in [3.8, 4) is 0 Å². The standard InChI is InChI=1S/C19H20N2O4/c22-18(15-6-2-4-12-3-1-5-14(12)15)21-9-7-13(8-10-21)16-11-17(19(23)24)25-20-16/h2,4,6,11,13H,1,3,5,7-10H2,(H,23,24). The molecule has 1 aliphatic heterocycles. The molecule has 1 saturated heterocycles. The van der Waals surface area contributed by atoms with Crippen LogP contribution in [0.25, 0.3) is 0 Å². The second kappa shape index (κ2) is 6.35. The zero-order valence-electron chi connectivity index (χ0n) is 13.9. The number of amides is 1. The zero-order valence-corrected chi connectivity index (χ0v) is 13.9. The number of hydrogen-bond acceptors (Lipinski definition) is 4. The maximum atomic E-state index is 12.9. The van der Waals surface area contributed by atoms with Crippen LogP contribution in [0.15, 0.2) is 28.8 Å². The summed E-state index contributed by atoms with van der Waals surface area (Å²) in [5.74, 6) is -0.983. The number of carbonyl (C=O) groups excluding carboxylic acids is 1. The maximum absolute atomic E-state index is 12.9. The van der Waals surface area contributed by atoms with Crippen LogP contribution < -0.4 is 0 Å². The number of carboxylic acids is 1. The molecule has 4 rings (SSSR count). The van der Waals surface area contributed by atoms with Crippen molar-refractivity contribution in [1.82, 2.24) is 10.1 Å². The Morgan fingerprint density at radius 1 is 1.20 bits per heavy atom. The van der Waals surface area contributed by atoms with Crippen LogP contribution in [0.3, 0.4) is 0 Å². The van der Waals surface area contributed by atoms with Gasteiger partial charge < -0.3 is 14.5 Å². The molecule has 1 aliphatic carbocycles. The van der Waals surface area contributed by atoms with Crippen LogP contribution in [-0.2, 0) is 12.8 Å². The summed E-state index contributed by atoms with van der Waals surface area (Å²) in [6.07, 6.45) is 4.72. The number of aryl methyl sites for hydroxylation is 1. The molecule has 1 N–H and O–H groups in total. The van der Waals surface area contributed by atoms with Gasteiger partial charge in [-0.25, -0.2) is 4.79 Å². The van der Waals surface area contributed by atoms with E-state index in [1.165, 1.54) is 17.2 Å². The normalized spacial score (nSPS) is 17.5. The van der Waals surface area contributed by atoms with Gasteiger partial charge in [-0.05, 0) is 49.3 Å². The van der Waals surface area contributed by atoms with Gasteiger partial charge in [0.15, 0.2) is 0 Å². The van der Waals surface area contributed by atoms with E-state index in [9.17, 15) is 9.59 Å². The fourth-order valence-corrected chi connectivity index (χ4v) is 3.95. The summed E-state index contributed by atoms with van der Waals surface area (Å²) in [6, 6.07) is 7.53. The van der Waals surface area contributed by atoms with Crippen LogP contribution in [0.4, 0.5) is 0 Å². The molecule has 1 aromatic carbocycles. The van der Waals surface area contributed by atoms with Gasteiger partial charge >= 0.3 is 5.97 Å². The molecular formula is C19H20N2O4. The lowest BCUT2D eigenvalue weighted by atomic mass is 9.92. The molecule has 130 valence electrons. The van der Waals surface area contributed by atoms with Gasteiger partial charge in [-0.1, -0.05) is 17.3 Å². The third-order valence-corrected chi connectivity index (χ3v) is 5.32. The van der Waals surface area contributed by atoms with Crippen LogP contribution in [0.5, 0.6) is 0 Å². The first-order valence-electron chi connectivity index (χ1n) is 8.73. The number of nitrogens with zero attached hydrogens (tertiary/aromatic N) is 2. The van der Waals surface area contributed by atoms with Crippen LogP contribution in [-0.4, -0.2) is 40.1 Å². The van der Waals surface area contributed by atoms with Gasteiger partial charge in [0, 0.05) is 30.6 Å². The van der Waals surface area contributed by atoms with Crippen molar-refractivity contribution >= 4 is 11.9 Å². The molecule has 0 radical (unpaired) electrons. The van der Waals surface area contributed by atoms with E-state index in [0.717, 1.165) is 37.7 Å². The molecule has 2 aromatic rings. The molecule has 6 nitrogen and oxygen atoms in total. The van der Waals surface area contributed by atoms with Gasteiger partial charge in [-0.3, -0.25) is 4.79 Å². The minimum absolute atomic E-state index is 0.114. The summed E-state index contributed by atoms with van der Waals surface area (Å²) in [7, 11) is 0. The second-order valence-corrected chi connectivity index (χ2v) is 6.78. The first-order chi connectivity index (χ1) is 12.1. The van der Waals surface area contributed by atoms with E-state index in [1.54, 1.807) is 0 Å². The summed E-state index contributed by atoms with van der Waals surface area (Å²) in [5.41, 5.74) is 4.05. The number of hydrogen-bond donors (Lipinski definition) is 1. The van der Waals surface area contributed by atoms with E-state index >= 15 is 0 Å². The number of likely N-dealkylation sites (tertiary alicyclic amines) is 1. The van der Waals surface area contributed by atoms with Gasteiger partial charge in [0.1, 0.15) is 0 Å². The molecule has 2 aliphatic rings. The fourth-order valence-electron chi connectivity index (χ4n) is 3.95. The Morgan fingerprint density at radius 3 is 2.72 bits per heavy atom. The predicted octanol–water partition coefficient (Wildman–Crippen LogP) is 2.88. The highest BCUT2D eigenvalue weighted by atomic mass is 16.5. The monoisotopic (exact) mass is 340 g/mol. The van der Waals surface area contributed by atoms with E-state index in [0.29, 0.717) is 18.8 Å². The Kier molecular flexibility index (Phi) is 4.03. The summed E-state index contributed by atoms with van der Waals surface area (Å²) in [6.45, 7) is 1.31. The van der Waals surface area contributed by atoms with Crippen molar-refractivity contribution < 1.29 is 19.2 Å². The molecule has 0 spiro atoms. The van der Waals surface area contributed by atoms with E-state index in [-0.39, 0.29) is 17.6 Å². The van der Waals surface area contributed by atoms with Gasteiger partial charge in [0.05, 0.1) is 5.69 Å². The average molecular weight is 340 g/mol. The molecule has 0 unspecified atom stereocenters. The molecular weight excluding hydrogens is 320 g/mol. The molecule has 25 heavy (non-hydrogen) atoms. The van der Waals surface area contributed by atoms with Gasteiger partial charge in [-0.15, -0.1) is 0 Å². The Bertz CT molecular complexity index is 819. The molecule has 1 fully saturated rings. The number of carboxylic acid groups (broad SMARTS) is 1. The summed E-state index contributed by atoms with van der Waals surface area (Å²) in [4.78, 5) is 25.7. The van der Waals surface area contributed by atoms with Crippen LogP contribution in [0.2, 0.25) is 0 Å². The van der Waals surface area contributed by atoms with Crippen molar-refractivity contribution in [1.29, 1.82) is 0 Å². The van der Waals surface area contributed by atoms with Gasteiger partial charge in [0.25, 0.3) is 5.91 Å². The van der Waals surface area contributed by atoms with E-state index in [4.69, 9.17) is 9.63 Å². The van der Waals surface area contributed by atoms with Crippen LogP contribution >= 0.6 is 0 Å². The smallest absolute Gasteiger partial charge is 0.374 e. The van der Waals surface area contributed by atoms with Gasteiger partial charge in [-0.2, -0.15) is 0 Å². The highest BCUT2D eigenvalue weighted by Crippen LogP contribution is 2.30. The largest absolute Gasteiger partial charge is 0.475 e. The summed E-state index contributed by atoms with van der Waals surface area (Å²) >= 11 is 0. The Morgan fingerprint density at radius 2 is 2.00 bits per heavy atom. The van der Waals surface area contributed by atoms with E-state index in [1.807, 2.05) is 17.0 Å². The van der Waals surface area contributed by atoms with Gasteiger partial charge in [0.2, 0.25) is 5.76 Å². The Hall–Kier alpha value is -2.63. The number of carbonyl (C=O) groups is 2. The minimum atomic E-state index is -1.11. The highest BCUT2D eigenvalue weighted by molar-refractivity contribution is 5.96. The first-order valence-corrected chi connectivity index (χ1v) is 8.73. The fraction of sp³-hybridized carbons (Fsp3) is 0.421. The zero-order chi connectivity index (χ0) is 17.4. The molecule has 0 saturated carbocycles. The molecule has 2 heterocycles. The maximum Gasteiger partial charge on any atom is 0.374 e. The van der Waals surface area contributed by atoms with Crippen molar-refractivity contribution in [2.75, 3.05) is 13.1 Å². The molecule has 6 heteroatoms. The Balaban J connectivity index is 1.44. The number of piperidine rings is 1. The number of rotatable bonds is 3. The van der Waals surface area contributed by atoms with E-state index in [2.05, 4.69) is 11.2 Å². The quantitative estimate of drug-likeness (QED) is 0.929. The predicted molar refractivity (Wildman–Crippen MR) is 89.8 cm³/mol. The summed E-state index contributed by atoms with van der Waals surface area (Å²) in [5, 5.41) is 12.8. The molecule has 1 aromatic heterocycles. The van der Waals surface area contributed by atoms with E-state index < -0.39 is 5.97 Å². The number of benzene rings is 1. The number of aromatic nitrogens is 1. The van der Waals surface area contributed by atoms with Crippen molar-refractivity contribution in [3.05, 3.63) is 52.4 Å².